The minimum absolute atomic E-state index is 0. The number of hydrogen-bond acceptors (Lipinski definition) is 1. The molecule has 117 valence electrons. The van der Waals surface area contributed by atoms with E-state index >= 15 is 0 Å². The van der Waals surface area contributed by atoms with E-state index in [9.17, 15) is 4.79 Å². The summed E-state index contributed by atoms with van der Waals surface area (Å²) in [7, 11) is 0.750. The molecule has 6 heteroatoms. The van der Waals surface area contributed by atoms with E-state index in [2.05, 4.69) is 25.2 Å². The Hall–Kier alpha value is 0.617. The van der Waals surface area contributed by atoms with Gasteiger partial charge in [0.1, 0.15) is 0 Å². The van der Waals surface area contributed by atoms with E-state index in [1.54, 1.807) is 0 Å². The van der Waals surface area contributed by atoms with E-state index < -0.39 is 0 Å². The van der Waals surface area contributed by atoms with Crippen molar-refractivity contribution in [1.29, 1.82) is 0 Å². The van der Waals surface area contributed by atoms with Gasteiger partial charge in [0.25, 0.3) is 0 Å². The van der Waals surface area contributed by atoms with E-state index in [1.807, 2.05) is 12.2 Å². The average Bonchev–Trinajstić information content (AvgIpc) is 3.09. The van der Waals surface area contributed by atoms with Crippen molar-refractivity contribution in [2.75, 3.05) is 0 Å². The van der Waals surface area contributed by atoms with Crippen LogP contribution in [0.15, 0.2) is 18.2 Å². The molecule has 0 saturated heterocycles. The molecule has 0 aromatic carbocycles. The third-order valence-corrected chi connectivity index (χ3v) is 3.66. The Morgan fingerprint density at radius 2 is 1.86 bits per heavy atom. The summed E-state index contributed by atoms with van der Waals surface area (Å²) in [4.78, 5) is 10.7. The van der Waals surface area contributed by atoms with E-state index in [1.165, 1.54) is 19.3 Å². The number of nitrogens with one attached hydrogen (secondary N) is 1. The Kier molecular flexibility index (Phi) is 19.6. The first-order valence-electron chi connectivity index (χ1n) is 6.90. The molecular formula is C15H24Cl2HfNOSi. The summed E-state index contributed by atoms with van der Waals surface area (Å²) in [5, 5.41) is 0. The van der Waals surface area contributed by atoms with E-state index in [0.29, 0.717) is 5.92 Å². The van der Waals surface area contributed by atoms with E-state index in [4.69, 9.17) is 5.73 Å². The van der Waals surface area contributed by atoms with Gasteiger partial charge in [0.05, 0.1) is 5.91 Å². The molecule has 0 heterocycles. The zero-order valence-electron chi connectivity index (χ0n) is 12.7. The molecule has 3 aliphatic carbocycles. The van der Waals surface area contributed by atoms with Crippen molar-refractivity contribution >= 4 is 15.4 Å². The molecule has 3 unspecified atom stereocenters. The predicted molar refractivity (Wildman–Crippen MR) is 78.7 cm³/mol. The Bertz CT molecular complexity index is 317. The largest absolute Gasteiger partial charge is 4.00 e. The second kappa shape index (κ2) is 15.5. The van der Waals surface area contributed by atoms with Crippen molar-refractivity contribution in [2.24, 2.45) is 17.8 Å². The molecule has 0 aliphatic heterocycles. The number of fused-ring (bicyclic) bond motifs is 2. The molecule has 0 spiro atoms. The molecule has 2 fully saturated rings. The van der Waals surface area contributed by atoms with Gasteiger partial charge in [-0.1, -0.05) is 19.5 Å². The standard InChI is InChI=1S/C8H13NO.C5H5.C2H7Si.2ClH.Hf/c9-8(10)7-4-5-1-2-6(7)3-5;1-2-4-5-3-1;1-3-2;;;/h5-7H,1-4H2,(H2,9,10);1-3H,4H2;3H,1-2H3;2*1H;/q;-1;;;;+4/p-3. The first kappa shape index (κ1) is 26.5. The smallest absolute Gasteiger partial charge is 1.00 e. The Labute approximate surface area is 163 Å². The number of carbonyl (C=O) groups is 1. The van der Waals surface area contributed by atoms with Crippen LogP contribution in [0.4, 0.5) is 0 Å². The summed E-state index contributed by atoms with van der Waals surface area (Å²) in [6, 6.07) is 0. The minimum atomic E-state index is -0.313. The predicted octanol–water partition coefficient (Wildman–Crippen LogP) is -2.17. The quantitative estimate of drug-likeness (QED) is 0.292. The van der Waals surface area contributed by atoms with Crippen LogP contribution in [0.2, 0.25) is 13.1 Å². The zero-order chi connectivity index (χ0) is 13.4. The van der Waals surface area contributed by atoms with Crippen molar-refractivity contribution < 1.29 is 55.5 Å². The molecule has 2 saturated carbocycles. The van der Waals surface area contributed by atoms with Crippen molar-refractivity contribution in [2.45, 2.75) is 45.2 Å². The van der Waals surface area contributed by atoms with Crippen LogP contribution in [0, 0.1) is 23.8 Å². The molecule has 0 aromatic heterocycles. The van der Waals surface area contributed by atoms with Crippen LogP contribution in [0.1, 0.15) is 32.1 Å². The van der Waals surface area contributed by atoms with Crippen molar-refractivity contribution in [3.05, 3.63) is 30.0 Å². The zero-order valence-corrected chi connectivity index (χ0v) is 19.0. The van der Waals surface area contributed by atoms with Gasteiger partial charge in [-0.25, -0.2) is 12.2 Å². The monoisotopic (exact) mass is 512 g/mol. The van der Waals surface area contributed by atoms with Crippen LogP contribution in [-0.2, 0) is 30.6 Å². The van der Waals surface area contributed by atoms with E-state index in [0.717, 1.165) is 28.3 Å². The molecule has 2 nitrogen and oxygen atoms in total. The second-order valence-corrected chi connectivity index (χ2v) is 6.38. The fourth-order valence-corrected chi connectivity index (χ4v) is 2.91. The summed E-state index contributed by atoms with van der Waals surface area (Å²) in [5.74, 6) is 1.20. The molecule has 0 aromatic rings. The molecule has 21 heavy (non-hydrogen) atoms. The number of halogens is 2. The Morgan fingerprint density at radius 3 is 2.05 bits per heavy atom. The van der Waals surface area contributed by atoms with Crippen LogP contribution in [0.3, 0.4) is 0 Å². The molecule has 1 radical (unpaired) electrons. The Morgan fingerprint density at radius 1 is 1.24 bits per heavy atom. The third-order valence-electron chi connectivity index (χ3n) is 3.66. The number of hydrogen-bond donors (Lipinski definition) is 0. The molecule has 1 amide bonds. The first-order chi connectivity index (χ1) is 8.69. The van der Waals surface area contributed by atoms with Crippen LogP contribution in [-0.4, -0.2) is 15.4 Å². The van der Waals surface area contributed by atoms with Crippen LogP contribution in [0.25, 0.3) is 5.73 Å². The fourth-order valence-electron chi connectivity index (χ4n) is 2.91. The molecule has 3 atom stereocenters. The van der Waals surface area contributed by atoms with Crippen molar-refractivity contribution in [3.8, 4) is 0 Å². The SMILES string of the molecule is C[SiH]C.[C-]1=CC=CC1.[Cl-].[Cl-].[Hf+4].[NH-]C(=O)C1CC2CCC1C2. The van der Waals surface area contributed by atoms with Crippen LogP contribution < -0.4 is 24.8 Å². The van der Waals surface area contributed by atoms with Gasteiger partial charge in [-0.2, -0.15) is 6.08 Å². The van der Waals surface area contributed by atoms with Gasteiger partial charge in [-0.15, -0.1) is 6.42 Å². The van der Waals surface area contributed by atoms with Gasteiger partial charge in [0.2, 0.25) is 0 Å². The van der Waals surface area contributed by atoms with Gasteiger partial charge >= 0.3 is 25.8 Å². The summed E-state index contributed by atoms with van der Waals surface area (Å²) in [6.07, 6.45) is 14.8. The summed E-state index contributed by atoms with van der Waals surface area (Å²) >= 11 is 0. The van der Waals surface area contributed by atoms with Crippen molar-refractivity contribution in [1.82, 2.24) is 0 Å². The summed E-state index contributed by atoms with van der Waals surface area (Å²) < 4.78 is 0. The van der Waals surface area contributed by atoms with Gasteiger partial charge in [0, 0.05) is 15.4 Å². The summed E-state index contributed by atoms with van der Waals surface area (Å²) in [5.41, 5.74) is 6.99. The number of carbonyl (C=O) groups excluding carboxylic acids is 1. The molecule has 2 bridgehead atoms. The first-order valence-corrected chi connectivity index (χ1v) is 9.21. The van der Waals surface area contributed by atoms with Crippen molar-refractivity contribution in [3.63, 3.8) is 0 Å². The average molecular weight is 512 g/mol. The maximum atomic E-state index is 10.7. The number of amides is 1. The second-order valence-electron chi connectivity index (χ2n) is 5.23. The molecule has 3 rings (SSSR count). The van der Waals surface area contributed by atoms with Gasteiger partial charge < -0.3 is 35.3 Å². The Balaban J connectivity index is -0.000000256. The normalized spacial score (nSPS) is 26.1. The number of rotatable bonds is 1. The molecular weight excluding hydrogens is 488 g/mol. The number of allylic oxidation sites excluding steroid dienone is 4. The molecule has 1 N–H and O–H groups in total. The maximum absolute atomic E-state index is 10.7. The topological polar surface area (TPSA) is 40.9 Å². The third kappa shape index (κ3) is 10.1. The van der Waals surface area contributed by atoms with Gasteiger partial charge in [-0.3, -0.25) is 6.08 Å². The van der Waals surface area contributed by atoms with Crippen LogP contribution in [0.5, 0.6) is 0 Å². The van der Waals surface area contributed by atoms with Gasteiger partial charge in [-0.05, 0) is 31.1 Å². The fraction of sp³-hybridized carbons (Fsp3) is 0.667. The van der Waals surface area contributed by atoms with Gasteiger partial charge in [0.15, 0.2) is 0 Å². The van der Waals surface area contributed by atoms with Crippen LogP contribution >= 0.6 is 0 Å². The molecule has 3 aliphatic rings. The summed E-state index contributed by atoms with van der Waals surface area (Å²) in [6.45, 7) is 4.42. The maximum Gasteiger partial charge on any atom is 4.00 e. The van der Waals surface area contributed by atoms with E-state index in [-0.39, 0.29) is 62.5 Å². The minimum Gasteiger partial charge on any atom is -1.00 e.